The van der Waals surface area contributed by atoms with Crippen molar-refractivity contribution in [3.05, 3.63) is 0 Å². The van der Waals surface area contributed by atoms with Gasteiger partial charge >= 0.3 is 0 Å². The highest BCUT2D eigenvalue weighted by Gasteiger charge is 2.19. The van der Waals surface area contributed by atoms with E-state index in [1.807, 2.05) is 0 Å². The molecule has 1 fully saturated rings. The SMILES string of the molecule is CC(C)(Br)C=[N+]1CCCC1.[Br-]. The Morgan fingerprint density at radius 3 is 2.09 bits per heavy atom. The lowest BCUT2D eigenvalue weighted by molar-refractivity contribution is -0.502. The molecule has 1 aliphatic rings. The zero-order valence-corrected chi connectivity index (χ0v) is 10.3. The average molecular weight is 285 g/mol. The van der Waals surface area contributed by atoms with E-state index in [9.17, 15) is 0 Å². The van der Waals surface area contributed by atoms with Crippen molar-refractivity contribution in [2.45, 2.75) is 31.0 Å². The van der Waals surface area contributed by atoms with E-state index in [4.69, 9.17) is 0 Å². The molecule has 0 radical (unpaired) electrons. The first kappa shape index (κ1) is 11.6. The van der Waals surface area contributed by atoms with Crippen LogP contribution in [0.5, 0.6) is 0 Å². The molecule has 1 nitrogen and oxygen atoms in total. The zero-order chi connectivity index (χ0) is 7.61. The van der Waals surface area contributed by atoms with E-state index in [2.05, 4.69) is 40.6 Å². The highest BCUT2D eigenvalue weighted by atomic mass is 79.9. The minimum Gasteiger partial charge on any atom is -1.00 e. The van der Waals surface area contributed by atoms with Crippen LogP contribution >= 0.6 is 15.9 Å². The second-order valence-corrected chi connectivity index (χ2v) is 5.48. The molecule has 1 aliphatic heterocycles. The molecule has 0 amide bonds. The molecular formula is C8H15Br2N. The Labute approximate surface area is 87.8 Å². The largest absolute Gasteiger partial charge is 1.00 e. The Balaban J connectivity index is 0.000001000. The summed E-state index contributed by atoms with van der Waals surface area (Å²) in [6.45, 7) is 6.83. The van der Waals surface area contributed by atoms with E-state index in [1.54, 1.807) is 0 Å². The van der Waals surface area contributed by atoms with Crippen molar-refractivity contribution in [2.24, 2.45) is 0 Å². The first-order valence-corrected chi connectivity index (χ1v) is 4.66. The predicted molar refractivity (Wildman–Crippen MR) is 48.3 cm³/mol. The lowest BCUT2D eigenvalue weighted by atomic mass is 10.2. The summed E-state index contributed by atoms with van der Waals surface area (Å²) in [6.07, 6.45) is 5.00. The molecule has 0 spiro atoms. The molecule has 11 heavy (non-hydrogen) atoms. The van der Waals surface area contributed by atoms with E-state index in [1.165, 1.54) is 25.9 Å². The lowest BCUT2D eigenvalue weighted by Crippen LogP contribution is -3.00. The van der Waals surface area contributed by atoms with Gasteiger partial charge in [-0.05, 0) is 13.8 Å². The van der Waals surface area contributed by atoms with E-state index in [-0.39, 0.29) is 21.3 Å². The maximum absolute atomic E-state index is 3.59. The summed E-state index contributed by atoms with van der Waals surface area (Å²) in [6, 6.07) is 0. The molecule has 0 unspecified atom stereocenters. The van der Waals surface area contributed by atoms with Crippen molar-refractivity contribution < 1.29 is 21.6 Å². The van der Waals surface area contributed by atoms with Crippen LogP contribution in [0.3, 0.4) is 0 Å². The first-order valence-electron chi connectivity index (χ1n) is 3.87. The molecule has 0 aliphatic carbocycles. The van der Waals surface area contributed by atoms with Crippen molar-refractivity contribution in [1.82, 2.24) is 0 Å². The third-order valence-corrected chi connectivity index (χ3v) is 1.83. The van der Waals surface area contributed by atoms with Gasteiger partial charge in [-0.15, -0.1) is 0 Å². The summed E-state index contributed by atoms with van der Waals surface area (Å²) in [5.74, 6) is 0. The number of rotatable bonds is 1. The van der Waals surface area contributed by atoms with Crippen LogP contribution in [0.4, 0.5) is 0 Å². The minimum atomic E-state index is 0. The maximum atomic E-state index is 3.59. The van der Waals surface area contributed by atoms with Gasteiger partial charge in [0.1, 0.15) is 13.1 Å². The molecule has 1 saturated heterocycles. The van der Waals surface area contributed by atoms with Gasteiger partial charge in [0.25, 0.3) is 0 Å². The van der Waals surface area contributed by atoms with Gasteiger partial charge in [0, 0.05) is 12.8 Å². The second-order valence-electron chi connectivity index (χ2n) is 3.44. The maximum Gasteiger partial charge on any atom is 0.155 e. The first-order chi connectivity index (χ1) is 4.58. The van der Waals surface area contributed by atoms with Gasteiger partial charge in [0.05, 0.1) is 4.32 Å². The summed E-state index contributed by atoms with van der Waals surface area (Å²) in [4.78, 5) is 0. The number of nitrogens with zero attached hydrogens (tertiary/aromatic N) is 1. The van der Waals surface area contributed by atoms with Crippen LogP contribution in [0.2, 0.25) is 0 Å². The number of alkyl halides is 1. The fourth-order valence-electron chi connectivity index (χ4n) is 1.30. The van der Waals surface area contributed by atoms with Crippen LogP contribution in [-0.2, 0) is 0 Å². The van der Waals surface area contributed by atoms with E-state index >= 15 is 0 Å². The van der Waals surface area contributed by atoms with Crippen molar-refractivity contribution in [1.29, 1.82) is 0 Å². The molecule has 0 aromatic rings. The fraction of sp³-hybridized carbons (Fsp3) is 0.875. The van der Waals surface area contributed by atoms with Crippen LogP contribution in [0.15, 0.2) is 0 Å². The molecule has 1 rings (SSSR count). The van der Waals surface area contributed by atoms with Crippen molar-refractivity contribution in [3.63, 3.8) is 0 Å². The third-order valence-electron chi connectivity index (χ3n) is 1.63. The van der Waals surface area contributed by atoms with Crippen molar-refractivity contribution in [2.75, 3.05) is 13.1 Å². The van der Waals surface area contributed by atoms with Gasteiger partial charge in [0.15, 0.2) is 6.21 Å². The molecule has 0 N–H and O–H groups in total. The molecule has 0 atom stereocenters. The number of hydrogen-bond acceptors (Lipinski definition) is 0. The standard InChI is InChI=1S/C8H15BrN.BrH/c1-8(2,9)7-10-5-3-4-6-10;/h7H,3-6H2,1-2H3;1H/q+1;/p-1. The summed E-state index contributed by atoms with van der Waals surface area (Å²) in [7, 11) is 0. The Morgan fingerprint density at radius 1 is 1.27 bits per heavy atom. The van der Waals surface area contributed by atoms with E-state index in [0.717, 1.165) is 0 Å². The topological polar surface area (TPSA) is 3.01 Å². The molecular weight excluding hydrogens is 270 g/mol. The normalized spacial score (nSPS) is 17.9. The highest BCUT2D eigenvalue weighted by molar-refractivity contribution is 9.10. The lowest BCUT2D eigenvalue weighted by Gasteiger charge is -2.05. The van der Waals surface area contributed by atoms with Crippen LogP contribution in [0, 0.1) is 0 Å². The number of hydrogen-bond donors (Lipinski definition) is 0. The molecule has 3 heteroatoms. The molecule has 0 aromatic heterocycles. The monoisotopic (exact) mass is 283 g/mol. The Morgan fingerprint density at radius 2 is 1.73 bits per heavy atom. The quantitative estimate of drug-likeness (QED) is 0.431. The van der Waals surface area contributed by atoms with Crippen LogP contribution in [0.25, 0.3) is 0 Å². The Kier molecular flexibility index (Phi) is 4.87. The summed E-state index contributed by atoms with van der Waals surface area (Å²) in [5, 5.41) is 0. The van der Waals surface area contributed by atoms with Gasteiger partial charge in [-0.2, -0.15) is 0 Å². The van der Waals surface area contributed by atoms with Gasteiger partial charge in [-0.1, -0.05) is 15.9 Å². The molecule has 0 aromatic carbocycles. The van der Waals surface area contributed by atoms with Gasteiger partial charge in [-0.3, -0.25) is 0 Å². The predicted octanol–water partition coefficient (Wildman–Crippen LogP) is -0.959. The highest BCUT2D eigenvalue weighted by Crippen LogP contribution is 2.13. The summed E-state index contributed by atoms with van der Waals surface area (Å²) >= 11 is 3.59. The van der Waals surface area contributed by atoms with Crippen molar-refractivity contribution >= 4 is 22.1 Å². The minimum absolute atomic E-state index is 0. The molecule has 0 saturated carbocycles. The second kappa shape index (κ2) is 4.61. The Bertz CT molecular complexity index is 139. The molecule has 66 valence electrons. The van der Waals surface area contributed by atoms with Crippen LogP contribution < -0.4 is 17.0 Å². The van der Waals surface area contributed by atoms with Crippen molar-refractivity contribution in [3.8, 4) is 0 Å². The summed E-state index contributed by atoms with van der Waals surface area (Å²) in [5.41, 5.74) is 0. The van der Waals surface area contributed by atoms with E-state index < -0.39 is 0 Å². The fourth-order valence-corrected chi connectivity index (χ4v) is 1.59. The zero-order valence-electron chi connectivity index (χ0n) is 7.11. The summed E-state index contributed by atoms with van der Waals surface area (Å²) < 4.78 is 2.58. The molecule has 1 heterocycles. The molecule has 0 bridgehead atoms. The van der Waals surface area contributed by atoms with Gasteiger partial charge in [0.2, 0.25) is 0 Å². The third kappa shape index (κ3) is 4.96. The average Bonchev–Trinajstić information content (AvgIpc) is 2.12. The van der Waals surface area contributed by atoms with E-state index in [0.29, 0.717) is 0 Å². The smallest absolute Gasteiger partial charge is 0.155 e. The van der Waals surface area contributed by atoms with Crippen LogP contribution in [-0.4, -0.2) is 28.2 Å². The van der Waals surface area contributed by atoms with Gasteiger partial charge in [-0.25, -0.2) is 4.58 Å². The Hall–Kier alpha value is 0.630. The van der Waals surface area contributed by atoms with Gasteiger partial charge < -0.3 is 17.0 Å². The van der Waals surface area contributed by atoms with Crippen LogP contribution in [0.1, 0.15) is 26.7 Å². The number of halogens is 2.